The third-order valence-electron chi connectivity index (χ3n) is 7.16. The Morgan fingerprint density at radius 3 is 2.50 bits per heavy atom. The topological polar surface area (TPSA) is 35.6 Å². The number of aryl methyl sites for hydroxylation is 1. The molecule has 0 radical (unpaired) electrons. The SMILES string of the molecule is Cl.O=C(CC1(CCc2ccccc2)CCCC1)N1CCC(N2CCNCC2)C1. The van der Waals surface area contributed by atoms with E-state index in [1.165, 1.54) is 31.2 Å². The fourth-order valence-corrected chi connectivity index (χ4v) is 5.44. The molecule has 2 aliphatic heterocycles. The van der Waals surface area contributed by atoms with Crippen LogP contribution in [0.4, 0.5) is 0 Å². The van der Waals surface area contributed by atoms with Gasteiger partial charge in [-0.3, -0.25) is 9.69 Å². The first-order valence-electron chi connectivity index (χ1n) is 11.0. The number of rotatable bonds is 6. The average Bonchev–Trinajstić information content (AvgIpc) is 3.38. The molecule has 4 rings (SSSR count). The lowest BCUT2D eigenvalue weighted by Crippen LogP contribution is -2.49. The van der Waals surface area contributed by atoms with Crippen molar-refractivity contribution < 1.29 is 4.79 Å². The zero-order chi connectivity index (χ0) is 18.5. The number of halogens is 1. The Bertz CT molecular complexity index is 612. The van der Waals surface area contributed by atoms with Gasteiger partial charge in [0.15, 0.2) is 0 Å². The molecule has 2 saturated heterocycles. The number of nitrogens with one attached hydrogen (secondary N) is 1. The minimum atomic E-state index is 0. The molecule has 156 valence electrons. The third-order valence-corrected chi connectivity index (χ3v) is 7.16. The van der Waals surface area contributed by atoms with Crippen LogP contribution in [0.1, 0.15) is 50.5 Å². The second-order valence-electron chi connectivity index (χ2n) is 8.94. The van der Waals surface area contributed by atoms with Gasteiger partial charge in [-0.25, -0.2) is 0 Å². The van der Waals surface area contributed by atoms with E-state index in [0.717, 1.165) is 65.0 Å². The number of nitrogens with zero attached hydrogens (tertiary/aromatic N) is 2. The summed E-state index contributed by atoms with van der Waals surface area (Å²) in [6.45, 7) is 6.36. The monoisotopic (exact) mass is 405 g/mol. The molecule has 1 aliphatic carbocycles. The molecule has 0 bridgehead atoms. The van der Waals surface area contributed by atoms with Gasteiger partial charge in [0.25, 0.3) is 0 Å². The maximum atomic E-state index is 13.1. The van der Waals surface area contributed by atoms with Crippen LogP contribution in [0.25, 0.3) is 0 Å². The van der Waals surface area contributed by atoms with Crippen molar-refractivity contribution in [1.29, 1.82) is 0 Å². The Labute approximate surface area is 176 Å². The fraction of sp³-hybridized carbons (Fsp3) is 0.696. The van der Waals surface area contributed by atoms with Crippen LogP contribution in [-0.4, -0.2) is 61.0 Å². The summed E-state index contributed by atoms with van der Waals surface area (Å²) < 4.78 is 0. The highest BCUT2D eigenvalue weighted by Gasteiger charge is 2.38. The van der Waals surface area contributed by atoms with E-state index in [9.17, 15) is 4.79 Å². The van der Waals surface area contributed by atoms with Crippen LogP contribution in [0.3, 0.4) is 0 Å². The average molecular weight is 406 g/mol. The molecule has 1 saturated carbocycles. The normalized spacial score (nSPS) is 24.9. The Kier molecular flexibility index (Phi) is 7.78. The van der Waals surface area contributed by atoms with Crippen LogP contribution in [-0.2, 0) is 11.2 Å². The smallest absolute Gasteiger partial charge is 0.223 e. The molecule has 3 fully saturated rings. The molecule has 2 heterocycles. The number of benzene rings is 1. The number of carbonyl (C=O) groups excluding carboxylic acids is 1. The van der Waals surface area contributed by atoms with Crippen molar-refractivity contribution in [3.8, 4) is 0 Å². The zero-order valence-corrected chi connectivity index (χ0v) is 17.9. The van der Waals surface area contributed by atoms with E-state index >= 15 is 0 Å². The van der Waals surface area contributed by atoms with Crippen LogP contribution in [0, 0.1) is 5.41 Å². The zero-order valence-electron chi connectivity index (χ0n) is 17.1. The van der Waals surface area contributed by atoms with Crippen LogP contribution in [0.5, 0.6) is 0 Å². The molecule has 1 N–H and O–H groups in total. The number of piperazine rings is 1. The quantitative estimate of drug-likeness (QED) is 0.786. The van der Waals surface area contributed by atoms with Gasteiger partial charge in [0.2, 0.25) is 5.91 Å². The molecule has 3 aliphatic rings. The summed E-state index contributed by atoms with van der Waals surface area (Å²) in [7, 11) is 0. The molecule has 1 unspecified atom stereocenters. The van der Waals surface area contributed by atoms with Gasteiger partial charge in [-0.1, -0.05) is 43.2 Å². The molecule has 1 aromatic rings. The lowest BCUT2D eigenvalue weighted by atomic mass is 9.77. The van der Waals surface area contributed by atoms with Crippen molar-refractivity contribution in [3.63, 3.8) is 0 Å². The van der Waals surface area contributed by atoms with Crippen molar-refractivity contribution in [2.24, 2.45) is 5.41 Å². The molecular weight excluding hydrogens is 370 g/mol. The summed E-state index contributed by atoms with van der Waals surface area (Å²) in [5.74, 6) is 0.419. The van der Waals surface area contributed by atoms with E-state index in [1.54, 1.807) is 0 Å². The van der Waals surface area contributed by atoms with Crippen LogP contribution in [0.15, 0.2) is 30.3 Å². The van der Waals surface area contributed by atoms with Gasteiger partial charge in [0.05, 0.1) is 0 Å². The summed E-state index contributed by atoms with van der Waals surface area (Å²) in [6.07, 6.45) is 9.27. The summed E-state index contributed by atoms with van der Waals surface area (Å²) >= 11 is 0. The molecule has 1 atom stereocenters. The molecule has 1 amide bonds. The number of hydrogen-bond acceptors (Lipinski definition) is 3. The Hall–Kier alpha value is -1.10. The van der Waals surface area contributed by atoms with E-state index in [-0.39, 0.29) is 17.8 Å². The van der Waals surface area contributed by atoms with Crippen molar-refractivity contribution in [2.75, 3.05) is 39.3 Å². The predicted molar refractivity (Wildman–Crippen MR) is 117 cm³/mol. The highest BCUT2D eigenvalue weighted by molar-refractivity contribution is 5.85. The van der Waals surface area contributed by atoms with Gasteiger partial charge in [0.1, 0.15) is 0 Å². The standard InChI is InChI=1S/C23H35N3O.ClH/c27-22(26-15-9-21(19-26)25-16-13-24-14-17-25)18-23(10-4-5-11-23)12-8-20-6-2-1-3-7-20;/h1-3,6-7,21,24H,4-5,8-19H2;1H. The van der Waals surface area contributed by atoms with Crippen LogP contribution >= 0.6 is 12.4 Å². The van der Waals surface area contributed by atoms with Crippen molar-refractivity contribution >= 4 is 18.3 Å². The molecule has 5 heteroatoms. The van der Waals surface area contributed by atoms with Crippen molar-refractivity contribution in [3.05, 3.63) is 35.9 Å². The maximum Gasteiger partial charge on any atom is 0.223 e. The Morgan fingerprint density at radius 2 is 1.79 bits per heavy atom. The van der Waals surface area contributed by atoms with E-state index in [0.29, 0.717) is 11.9 Å². The molecule has 1 aromatic carbocycles. The Morgan fingerprint density at radius 1 is 1.07 bits per heavy atom. The summed E-state index contributed by atoms with van der Waals surface area (Å²) in [6, 6.07) is 11.4. The van der Waals surface area contributed by atoms with E-state index < -0.39 is 0 Å². The van der Waals surface area contributed by atoms with E-state index in [2.05, 4.69) is 45.4 Å². The van der Waals surface area contributed by atoms with Gasteiger partial charge in [0, 0.05) is 51.7 Å². The molecule has 28 heavy (non-hydrogen) atoms. The number of hydrogen-bond donors (Lipinski definition) is 1. The predicted octanol–water partition coefficient (Wildman–Crippen LogP) is 3.50. The van der Waals surface area contributed by atoms with Crippen LogP contribution < -0.4 is 5.32 Å². The van der Waals surface area contributed by atoms with Crippen LogP contribution in [0.2, 0.25) is 0 Å². The lowest BCUT2D eigenvalue weighted by Gasteiger charge is -2.33. The Balaban J connectivity index is 0.00000225. The summed E-state index contributed by atoms with van der Waals surface area (Å²) in [5.41, 5.74) is 1.66. The first-order valence-corrected chi connectivity index (χ1v) is 11.0. The summed E-state index contributed by atoms with van der Waals surface area (Å²) in [5, 5.41) is 3.43. The van der Waals surface area contributed by atoms with Crippen molar-refractivity contribution in [2.45, 2.75) is 57.4 Å². The van der Waals surface area contributed by atoms with Gasteiger partial charge in [-0.15, -0.1) is 12.4 Å². The number of likely N-dealkylation sites (tertiary alicyclic amines) is 1. The van der Waals surface area contributed by atoms with Gasteiger partial charge >= 0.3 is 0 Å². The second kappa shape index (κ2) is 10.1. The largest absolute Gasteiger partial charge is 0.341 e. The van der Waals surface area contributed by atoms with E-state index in [1.807, 2.05) is 0 Å². The lowest BCUT2D eigenvalue weighted by molar-refractivity contribution is -0.133. The molecular formula is C23H36ClN3O. The minimum absolute atomic E-state index is 0. The number of carbonyl (C=O) groups is 1. The van der Waals surface area contributed by atoms with E-state index in [4.69, 9.17) is 0 Å². The van der Waals surface area contributed by atoms with Gasteiger partial charge in [-0.2, -0.15) is 0 Å². The maximum absolute atomic E-state index is 13.1. The van der Waals surface area contributed by atoms with Gasteiger partial charge < -0.3 is 10.2 Å². The molecule has 4 nitrogen and oxygen atoms in total. The molecule has 0 aromatic heterocycles. The minimum Gasteiger partial charge on any atom is -0.341 e. The number of amides is 1. The first kappa shape index (κ1) is 21.6. The second-order valence-corrected chi connectivity index (χ2v) is 8.94. The third kappa shape index (κ3) is 5.28. The highest BCUT2D eigenvalue weighted by Crippen LogP contribution is 2.45. The fourth-order valence-electron chi connectivity index (χ4n) is 5.44. The van der Waals surface area contributed by atoms with Crippen molar-refractivity contribution in [1.82, 2.24) is 15.1 Å². The summed E-state index contributed by atoms with van der Waals surface area (Å²) in [4.78, 5) is 17.9. The first-order chi connectivity index (χ1) is 13.2. The molecule has 0 spiro atoms. The highest BCUT2D eigenvalue weighted by atomic mass is 35.5. The van der Waals surface area contributed by atoms with Gasteiger partial charge in [-0.05, 0) is 43.1 Å².